The van der Waals surface area contributed by atoms with Crippen LogP contribution < -0.4 is 15.4 Å². The molecule has 1 atom stereocenters. The van der Waals surface area contributed by atoms with Gasteiger partial charge in [0.15, 0.2) is 0 Å². The molecule has 4 N–H and O–H groups in total. The number of hydrogen-bond donors (Lipinski definition) is 4. The van der Waals surface area contributed by atoms with Crippen LogP contribution >= 0.6 is 0 Å². The molecule has 2 amide bonds. The highest BCUT2D eigenvalue weighted by Gasteiger charge is 2.31. The number of hydrogen-bond acceptors (Lipinski definition) is 9. The predicted molar refractivity (Wildman–Crippen MR) is 222 cm³/mol. The maximum Gasteiger partial charge on any atom is 0.407 e. The third kappa shape index (κ3) is 11.7. The molecular weight excluding hydrogens is 755 g/mol. The number of amides is 2. The summed E-state index contributed by atoms with van der Waals surface area (Å²) in [5, 5.41) is 19.9. The summed E-state index contributed by atoms with van der Waals surface area (Å²) in [6.45, 7) is 8.05. The number of sulfonamides is 1. The van der Waals surface area contributed by atoms with E-state index in [1.807, 2.05) is 82.3 Å². The lowest BCUT2D eigenvalue weighted by Gasteiger charge is -2.29. The predicted octanol–water partition coefficient (Wildman–Crippen LogP) is 7.41. The van der Waals surface area contributed by atoms with Crippen LogP contribution in [0.5, 0.6) is 0 Å². The Hall–Kier alpha value is -5.73. The largest absolute Gasteiger partial charge is 0.444 e. The summed E-state index contributed by atoms with van der Waals surface area (Å²) in [6, 6.07) is 29.2. The molecule has 14 heteroatoms. The van der Waals surface area contributed by atoms with Gasteiger partial charge in [0, 0.05) is 42.6 Å². The van der Waals surface area contributed by atoms with Crippen molar-refractivity contribution in [3.05, 3.63) is 114 Å². The van der Waals surface area contributed by atoms with E-state index in [0.29, 0.717) is 30.9 Å². The van der Waals surface area contributed by atoms with Crippen molar-refractivity contribution in [2.45, 2.75) is 83.3 Å². The zero-order valence-corrected chi connectivity index (χ0v) is 34.1. The molecule has 13 nitrogen and oxygen atoms in total. The summed E-state index contributed by atoms with van der Waals surface area (Å²) in [7, 11) is -3.81. The molecule has 58 heavy (non-hydrogen) atoms. The number of ether oxygens (including phenoxy) is 1. The number of tetrazole rings is 1. The number of nitrogens with zero attached hydrogens (tertiary/aromatic N) is 3. The Labute approximate surface area is 339 Å². The van der Waals surface area contributed by atoms with Crippen molar-refractivity contribution in [1.29, 1.82) is 0 Å². The van der Waals surface area contributed by atoms with Crippen molar-refractivity contribution in [2.75, 3.05) is 11.9 Å². The van der Waals surface area contributed by atoms with E-state index >= 15 is 0 Å². The fraction of sp³-hybridized carbons (Fsp3) is 0.364. The monoisotopic (exact) mass is 805 g/mol. The van der Waals surface area contributed by atoms with Gasteiger partial charge in [-0.1, -0.05) is 60.7 Å². The van der Waals surface area contributed by atoms with Crippen LogP contribution in [0.15, 0.2) is 102 Å². The first-order chi connectivity index (χ1) is 27.7. The van der Waals surface area contributed by atoms with E-state index < -0.39 is 27.6 Å². The number of nitrogens with one attached hydrogen (secondary N) is 4. The standard InChI is InChI=1S/C44H51N7O6S/c1-29-13-22-38(58(55,56)46-28-30-9-6-5-7-10-30)26-39(29)35-12-8-11-32(23-35)24-36(42(53)47-37-20-18-34(19-21-37)41-48-50-51-49-41)25-40(52)33-16-14-31(15-17-33)27-45-43(54)57-44(2,3)4/h5-13,18-23,26,31,33,36,46H,14-17,24-25,27-28H2,1-4H3,(H,45,54)(H,47,53)(H,48,49,50,51)/t31?,33?,36-/m1/s1. The Balaban J connectivity index is 1.17. The molecule has 1 aliphatic rings. The van der Waals surface area contributed by atoms with Crippen molar-refractivity contribution in [2.24, 2.45) is 17.8 Å². The molecule has 0 spiro atoms. The first-order valence-corrected chi connectivity index (χ1v) is 21.1. The summed E-state index contributed by atoms with van der Waals surface area (Å²) in [6.07, 6.45) is 2.83. The molecule has 5 aromatic rings. The van der Waals surface area contributed by atoms with Crippen LogP contribution in [0.4, 0.5) is 10.5 Å². The number of anilines is 1. The Morgan fingerprint density at radius 2 is 1.59 bits per heavy atom. The van der Waals surface area contributed by atoms with E-state index in [4.69, 9.17) is 4.74 Å². The molecule has 4 aromatic carbocycles. The second kappa shape index (κ2) is 18.7. The number of benzene rings is 4. The Bertz CT molecular complexity index is 2290. The van der Waals surface area contributed by atoms with Gasteiger partial charge in [0.2, 0.25) is 21.8 Å². The van der Waals surface area contributed by atoms with Crippen LogP contribution in [-0.4, -0.2) is 59.0 Å². The Kier molecular flexibility index (Phi) is 13.5. The van der Waals surface area contributed by atoms with Crippen LogP contribution in [0, 0.1) is 24.7 Å². The number of aromatic amines is 1. The highest BCUT2D eigenvalue weighted by atomic mass is 32.2. The highest BCUT2D eigenvalue weighted by Crippen LogP contribution is 2.33. The third-order valence-corrected chi connectivity index (χ3v) is 11.8. The number of carbonyl (C=O) groups excluding carboxylic acids is 3. The summed E-state index contributed by atoms with van der Waals surface area (Å²) in [5.41, 5.74) is 4.85. The maximum absolute atomic E-state index is 14.0. The molecule has 6 rings (SSSR count). The second-order valence-electron chi connectivity index (χ2n) is 16.0. The first kappa shape index (κ1) is 41.9. The van der Waals surface area contributed by atoms with Crippen LogP contribution in [0.2, 0.25) is 0 Å². The minimum atomic E-state index is -3.81. The fourth-order valence-corrected chi connectivity index (χ4v) is 8.26. The number of alkyl carbamates (subject to hydrolysis) is 1. The summed E-state index contributed by atoms with van der Waals surface area (Å²) in [5.74, 6) is -0.435. The van der Waals surface area contributed by atoms with Gasteiger partial charge < -0.3 is 15.4 Å². The normalized spacial score (nSPS) is 16.3. The van der Waals surface area contributed by atoms with E-state index in [0.717, 1.165) is 46.2 Å². The quantitative estimate of drug-likeness (QED) is 0.0837. The molecule has 0 aliphatic heterocycles. The molecule has 0 saturated heterocycles. The number of aryl methyl sites for hydroxylation is 1. The van der Waals surface area contributed by atoms with Crippen LogP contribution in [0.3, 0.4) is 0 Å². The average Bonchev–Trinajstić information content (AvgIpc) is 3.75. The first-order valence-electron chi connectivity index (χ1n) is 19.6. The van der Waals surface area contributed by atoms with Crippen molar-refractivity contribution >= 4 is 33.5 Å². The highest BCUT2D eigenvalue weighted by molar-refractivity contribution is 7.89. The number of rotatable bonds is 15. The minimum Gasteiger partial charge on any atom is -0.444 e. The summed E-state index contributed by atoms with van der Waals surface area (Å²) >= 11 is 0. The Morgan fingerprint density at radius 1 is 0.862 bits per heavy atom. The third-order valence-electron chi connectivity index (χ3n) is 10.4. The lowest BCUT2D eigenvalue weighted by atomic mass is 9.77. The molecule has 0 radical (unpaired) electrons. The summed E-state index contributed by atoms with van der Waals surface area (Å²) < 4.78 is 34.8. The average molecular weight is 806 g/mol. The lowest BCUT2D eigenvalue weighted by Crippen LogP contribution is -2.37. The number of ketones is 1. The van der Waals surface area contributed by atoms with Gasteiger partial charge in [0.25, 0.3) is 0 Å². The van der Waals surface area contributed by atoms with E-state index in [1.165, 1.54) is 0 Å². The lowest BCUT2D eigenvalue weighted by molar-refractivity contribution is -0.129. The number of H-pyrrole nitrogens is 1. The minimum absolute atomic E-state index is 0.0408. The molecule has 304 valence electrons. The molecule has 0 unspecified atom stereocenters. The molecule has 0 bridgehead atoms. The zero-order valence-electron chi connectivity index (χ0n) is 33.3. The molecular formula is C44H51N7O6S. The van der Waals surface area contributed by atoms with Crippen molar-refractivity contribution < 1.29 is 27.5 Å². The maximum atomic E-state index is 14.0. The van der Waals surface area contributed by atoms with E-state index in [-0.39, 0.29) is 47.8 Å². The van der Waals surface area contributed by atoms with E-state index in [9.17, 15) is 22.8 Å². The van der Waals surface area contributed by atoms with Crippen molar-refractivity contribution in [1.82, 2.24) is 30.7 Å². The number of Topliss-reactive ketones (excluding diaryl/α,β-unsaturated/α-hetero) is 1. The van der Waals surface area contributed by atoms with Gasteiger partial charge in [-0.05, 0) is 135 Å². The van der Waals surface area contributed by atoms with Gasteiger partial charge in [-0.15, -0.1) is 10.2 Å². The van der Waals surface area contributed by atoms with Gasteiger partial charge in [0.1, 0.15) is 11.4 Å². The van der Waals surface area contributed by atoms with E-state index in [2.05, 4.69) is 36.0 Å². The molecule has 1 aromatic heterocycles. The van der Waals surface area contributed by atoms with Crippen molar-refractivity contribution in [3.8, 4) is 22.5 Å². The Morgan fingerprint density at radius 3 is 2.28 bits per heavy atom. The van der Waals surface area contributed by atoms with Gasteiger partial charge in [-0.25, -0.2) is 17.9 Å². The smallest absolute Gasteiger partial charge is 0.407 e. The molecule has 1 heterocycles. The summed E-state index contributed by atoms with van der Waals surface area (Å²) in [4.78, 5) is 40.3. The molecule has 1 aliphatic carbocycles. The van der Waals surface area contributed by atoms with Gasteiger partial charge in [-0.2, -0.15) is 5.21 Å². The van der Waals surface area contributed by atoms with Gasteiger partial charge in [0.05, 0.1) is 4.90 Å². The topological polar surface area (TPSA) is 185 Å². The molecule has 1 fully saturated rings. The zero-order chi connectivity index (χ0) is 41.3. The fourth-order valence-electron chi connectivity index (χ4n) is 7.22. The number of aromatic nitrogens is 4. The van der Waals surface area contributed by atoms with Crippen LogP contribution in [0.1, 0.15) is 69.6 Å². The van der Waals surface area contributed by atoms with Gasteiger partial charge >= 0.3 is 6.09 Å². The van der Waals surface area contributed by atoms with Crippen molar-refractivity contribution in [3.63, 3.8) is 0 Å². The van der Waals surface area contributed by atoms with Crippen LogP contribution in [0.25, 0.3) is 22.5 Å². The SMILES string of the molecule is Cc1ccc(S(=O)(=O)NCc2ccccc2)cc1-c1cccc(C[C@H](CC(=O)C2CCC(CNC(=O)OC(C)(C)C)CC2)C(=O)Nc2ccc(-c3nn[nH]n3)cc2)c1. The van der Waals surface area contributed by atoms with Crippen LogP contribution in [-0.2, 0) is 37.3 Å². The number of carbonyl (C=O) groups is 3. The van der Waals surface area contributed by atoms with E-state index in [1.54, 1.807) is 42.5 Å². The molecule has 1 saturated carbocycles. The second-order valence-corrected chi connectivity index (χ2v) is 17.7. The van der Waals surface area contributed by atoms with Gasteiger partial charge in [-0.3, -0.25) is 9.59 Å².